The van der Waals surface area contributed by atoms with Gasteiger partial charge in [0.25, 0.3) is 0 Å². The van der Waals surface area contributed by atoms with Crippen molar-refractivity contribution in [3.8, 4) is 6.07 Å². The minimum Gasteiger partial charge on any atom is -0.323 e. The van der Waals surface area contributed by atoms with Crippen LogP contribution < -0.4 is 5.73 Å². The van der Waals surface area contributed by atoms with Gasteiger partial charge in [0.2, 0.25) is 0 Å². The van der Waals surface area contributed by atoms with Crippen molar-refractivity contribution in [3.63, 3.8) is 0 Å². The molecular formula is C8H9Cl2N3. The van der Waals surface area contributed by atoms with E-state index in [9.17, 15) is 0 Å². The SMILES string of the molecule is Cl.N#CC[C@@H](N)c1ccncc1Cl. The molecule has 3 nitrogen and oxygen atoms in total. The summed E-state index contributed by atoms with van der Waals surface area (Å²) in [6.45, 7) is 0. The minimum atomic E-state index is -0.314. The number of aromatic nitrogens is 1. The van der Waals surface area contributed by atoms with Gasteiger partial charge in [-0.15, -0.1) is 12.4 Å². The number of hydrogen-bond acceptors (Lipinski definition) is 3. The minimum absolute atomic E-state index is 0. The molecule has 0 aliphatic carbocycles. The topological polar surface area (TPSA) is 62.7 Å². The Kier molecular flexibility index (Phi) is 5.40. The molecule has 5 heteroatoms. The number of nitrogens with zero attached hydrogens (tertiary/aromatic N) is 2. The molecule has 0 bridgehead atoms. The maximum absolute atomic E-state index is 8.40. The molecule has 1 atom stereocenters. The van der Waals surface area contributed by atoms with E-state index in [4.69, 9.17) is 22.6 Å². The molecule has 0 fully saturated rings. The zero-order valence-electron chi connectivity index (χ0n) is 6.77. The van der Waals surface area contributed by atoms with Crippen LogP contribution in [-0.2, 0) is 0 Å². The molecule has 0 saturated carbocycles. The van der Waals surface area contributed by atoms with Crippen LogP contribution >= 0.6 is 24.0 Å². The third kappa shape index (κ3) is 3.19. The van der Waals surface area contributed by atoms with Crippen molar-refractivity contribution < 1.29 is 0 Å². The smallest absolute Gasteiger partial charge is 0.0641 e. The number of pyridine rings is 1. The van der Waals surface area contributed by atoms with Crippen molar-refractivity contribution in [1.82, 2.24) is 4.98 Å². The molecule has 13 heavy (non-hydrogen) atoms. The van der Waals surface area contributed by atoms with E-state index in [-0.39, 0.29) is 24.9 Å². The first-order valence-electron chi connectivity index (χ1n) is 3.47. The van der Waals surface area contributed by atoms with Crippen molar-refractivity contribution in [2.75, 3.05) is 0 Å². The first-order chi connectivity index (χ1) is 5.75. The van der Waals surface area contributed by atoms with Gasteiger partial charge in [-0.2, -0.15) is 5.26 Å². The second-order valence-electron chi connectivity index (χ2n) is 2.37. The predicted molar refractivity (Wildman–Crippen MR) is 53.7 cm³/mol. The van der Waals surface area contributed by atoms with Crippen LogP contribution in [-0.4, -0.2) is 4.98 Å². The monoisotopic (exact) mass is 217 g/mol. The fraction of sp³-hybridized carbons (Fsp3) is 0.250. The van der Waals surface area contributed by atoms with Crippen molar-refractivity contribution in [2.45, 2.75) is 12.5 Å². The van der Waals surface area contributed by atoms with Gasteiger partial charge in [-0.3, -0.25) is 4.98 Å². The quantitative estimate of drug-likeness (QED) is 0.826. The van der Waals surface area contributed by atoms with Crippen molar-refractivity contribution in [2.24, 2.45) is 5.73 Å². The lowest BCUT2D eigenvalue weighted by molar-refractivity contribution is 0.747. The second kappa shape index (κ2) is 5.76. The lowest BCUT2D eigenvalue weighted by Gasteiger charge is -2.08. The first-order valence-corrected chi connectivity index (χ1v) is 3.85. The van der Waals surface area contributed by atoms with Gasteiger partial charge in [-0.1, -0.05) is 11.6 Å². The van der Waals surface area contributed by atoms with Crippen molar-refractivity contribution in [3.05, 3.63) is 29.0 Å². The number of nitrogens with two attached hydrogens (primary N) is 1. The van der Waals surface area contributed by atoms with Crippen LogP contribution in [0.3, 0.4) is 0 Å². The van der Waals surface area contributed by atoms with Crippen LogP contribution in [0.4, 0.5) is 0 Å². The Morgan fingerprint density at radius 1 is 1.69 bits per heavy atom. The van der Waals surface area contributed by atoms with E-state index in [0.717, 1.165) is 5.56 Å². The standard InChI is InChI=1S/C8H8ClN3.ClH/c9-7-5-12-4-2-6(7)8(11)1-3-10;/h2,4-5,8H,1,11H2;1H/t8-;/m1./s1. The average Bonchev–Trinajstić information content (AvgIpc) is 2.05. The van der Waals surface area contributed by atoms with E-state index in [0.29, 0.717) is 5.02 Å². The van der Waals surface area contributed by atoms with Crippen LogP contribution in [0.5, 0.6) is 0 Å². The van der Waals surface area contributed by atoms with E-state index in [2.05, 4.69) is 4.98 Å². The van der Waals surface area contributed by atoms with E-state index >= 15 is 0 Å². The summed E-state index contributed by atoms with van der Waals surface area (Å²) in [5.74, 6) is 0. The van der Waals surface area contributed by atoms with Gasteiger partial charge in [-0.25, -0.2) is 0 Å². The van der Waals surface area contributed by atoms with Crippen LogP contribution in [0.2, 0.25) is 5.02 Å². The van der Waals surface area contributed by atoms with Crippen LogP contribution in [0.25, 0.3) is 0 Å². The lowest BCUT2D eigenvalue weighted by Crippen LogP contribution is -2.09. The largest absolute Gasteiger partial charge is 0.323 e. The fourth-order valence-electron chi connectivity index (χ4n) is 0.895. The number of halogens is 2. The maximum atomic E-state index is 8.40. The highest BCUT2D eigenvalue weighted by molar-refractivity contribution is 6.31. The Bertz CT molecular complexity index is 309. The van der Waals surface area contributed by atoms with Gasteiger partial charge in [-0.05, 0) is 11.6 Å². The Morgan fingerprint density at radius 3 is 2.92 bits per heavy atom. The summed E-state index contributed by atoms with van der Waals surface area (Å²) in [6.07, 6.45) is 3.40. The first kappa shape index (κ1) is 12.2. The summed E-state index contributed by atoms with van der Waals surface area (Å²) < 4.78 is 0. The Hall–Kier alpha value is -0.820. The Balaban J connectivity index is 0.00000144. The summed E-state index contributed by atoms with van der Waals surface area (Å²) in [6, 6.07) is 3.40. The Labute approximate surface area is 87.9 Å². The van der Waals surface area contributed by atoms with E-state index in [1.54, 1.807) is 12.3 Å². The van der Waals surface area contributed by atoms with Gasteiger partial charge in [0, 0.05) is 18.4 Å². The van der Waals surface area contributed by atoms with Gasteiger partial charge in [0.1, 0.15) is 0 Å². The number of rotatable bonds is 2. The molecule has 0 amide bonds. The molecule has 1 aromatic heterocycles. The Morgan fingerprint density at radius 2 is 2.38 bits per heavy atom. The molecule has 1 aromatic rings. The van der Waals surface area contributed by atoms with Crippen molar-refractivity contribution >= 4 is 24.0 Å². The predicted octanol–water partition coefficient (Wildman–Crippen LogP) is 2.07. The summed E-state index contributed by atoms with van der Waals surface area (Å²) >= 11 is 5.80. The summed E-state index contributed by atoms with van der Waals surface area (Å²) in [5.41, 5.74) is 6.44. The molecule has 0 unspecified atom stereocenters. The van der Waals surface area contributed by atoms with Crippen molar-refractivity contribution in [1.29, 1.82) is 5.26 Å². The van der Waals surface area contributed by atoms with Crippen LogP contribution in [0.1, 0.15) is 18.0 Å². The van der Waals surface area contributed by atoms with Crippen LogP contribution in [0, 0.1) is 11.3 Å². The molecular weight excluding hydrogens is 209 g/mol. The average molecular weight is 218 g/mol. The molecule has 1 rings (SSSR count). The highest BCUT2D eigenvalue weighted by Crippen LogP contribution is 2.21. The molecule has 0 saturated heterocycles. The molecule has 2 N–H and O–H groups in total. The van der Waals surface area contributed by atoms with Gasteiger partial charge >= 0.3 is 0 Å². The third-order valence-electron chi connectivity index (χ3n) is 1.51. The molecule has 0 aromatic carbocycles. The lowest BCUT2D eigenvalue weighted by atomic mass is 10.1. The third-order valence-corrected chi connectivity index (χ3v) is 1.83. The highest BCUT2D eigenvalue weighted by atomic mass is 35.5. The molecule has 0 radical (unpaired) electrons. The highest BCUT2D eigenvalue weighted by Gasteiger charge is 2.08. The van der Waals surface area contributed by atoms with Gasteiger partial charge in [0.05, 0.1) is 17.5 Å². The van der Waals surface area contributed by atoms with Crippen LogP contribution in [0.15, 0.2) is 18.5 Å². The fourth-order valence-corrected chi connectivity index (χ4v) is 1.15. The molecule has 0 aliphatic rings. The zero-order chi connectivity index (χ0) is 8.97. The normalized spacial score (nSPS) is 11.2. The van der Waals surface area contributed by atoms with E-state index in [1.807, 2.05) is 6.07 Å². The summed E-state index contributed by atoms with van der Waals surface area (Å²) in [5, 5.41) is 8.91. The van der Waals surface area contributed by atoms with E-state index in [1.165, 1.54) is 6.20 Å². The van der Waals surface area contributed by atoms with E-state index < -0.39 is 0 Å². The van der Waals surface area contributed by atoms with Gasteiger partial charge < -0.3 is 5.73 Å². The summed E-state index contributed by atoms with van der Waals surface area (Å²) in [7, 11) is 0. The van der Waals surface area contributed by atoms with Gasteiger partial charge in [0.15, 0.2) is 0 Å². The molecule has 0 aliphatic heterocycles. The number of hydrogen-bond donors (Lipinski definition) is 1. The number of nitriles is 1. The second-order valence-corrected chi connectivity index (χ2v) is 2.77. The zero-order valence-corrected chi connectivity index (χ0v) is 8.35. The summed E-state index contributed by atoms with van der Waals surface area (Å²) in [4.78, 5) is 3.82. The maximum Gasteiger partial charge on any atom is 0.0641 e. The molecule has 0 spiro atoms. The molecule has 70 valence electrons. The molecule has 1 heterocycles.